The highest BCUT2D eigenvalue weighted by atomic mass is 35.5. The molecule has 2 aromatic carbocycles. The van der Waals surface area contributed by atoms with E-state index in [0.717, 1.165) is 5.56 Å². The van der Waals surface area contributed by atoms with Crippen molar-refractivity contribution in [1.82, 2.24) is 0 Å². The van der Waals surface area contributed by atoms with E-state index >= 15 is 0 Å². The van der Waals surface area contributed by atoms with Crippen LogP contribution in [0.15, 0.2) is 42.5 Å². The minimum absolute atomic E-state index is 0.109. The maximum absolute atomic E-state index is 12.3. The van der Waals surface area contributed by atoms with Crippen molar-refractivity contribution in [2.24, 2.45) is 0 Å². The number of ether oxygens (including phenoxy) is 2. The summed E-state index contributed by atoms with van der Waals surface area (Å²) < 4.78 is 47.3. The van der Waals surface area contributed by atoms with Gasteiger partial charge in [-0.3, -0.25) is 0 Å². The lowest BCUT2D eigenvalue weighted by Gasteiger charge is -2.40. The van der Waals surface area contributed by atoms with Crippen LogP contribution in [0.4, 0.5) is 13.2 Å². The first kappa shape index (κ1) is 23.8. The van der Waals surface area contributed by atoms with Crippen LogP contribution in [0.3, 0.4) is 0 Å². The Kier molecular flexibility index (Phi) is 7.49. The summed E-state index contributed by atoms with van der Waals surface area (Å²) in [6.07, 6.45) is -8.84. The molecule has 3 N–H and O–H groups in total. The summed E-state index contributed by atoms with van der Waals surface area (Å²) in [7, 11) is 0. The number of halogens is 4. The Morgan fingerprint density at radius 3 is 2.29 bits per heavy atom. The van der Waals surface area contributed by atoms with Crippen LogP contribution in [-0.2, 0) is 11.2 Å². The molecular formula is C22H24ClF3O5. The fraction of sp³-hybridized carbons (Fsp3) is 0.455. The molecule has 9 heteroatoms. The van der Waals surface area contributed by atoms with Crippen molar-refractivity contribution in [2.45, 2.75) is 56.5 Å². The van der Waals surface area contributed by atoms with Crippen LogP contribution < -0.4 is 4.74 Å². The number of hydrogen-bond donors (Lipinski definition) is 3. The number of benzene rings is 2. The second-order valence-electron chi connectivity index (χ2n) is 7.55. The molecule has 1 saturated heterocycles. The van der Waals surface area contributed by atoms with Gasteiger partial charge in [0.05, 0.1) is 6.10 Å². The van der Waals surface area contributed by atoms with Crippen LogP contribution in [0.2, 0.25) is 5.02 Å². The average Bonchev–Trinajstić information content (AvgIpc) is 2.73. The third-order valence-corrected chi connectivity index (χ3v) is 5.60. The third kappa shape index (κ3) is 5.90. The zero-order valence-electron chi connectivity index (χ0n) is 16.7. The summed E-state index contributed by atoms with van der Waals surface area (Å²) in [6.45, 7) is 0.452. The number of rotatable bonds is 6. The monoisotopic (exact) mass is 460 g/mol. The van der Waals surface area contributed by atoms with Crippen molar-refractivity contribution in [3.05, 3.63) is 64.2 Å². The van der Waals surface area contributed by atoms with Crippen LogP contribution >= 0.6 is 11.6 Å². The largest absolute Gasteiger partial charge is 0.484 e. The van der Waals surface area contributed by atoms with E-state index < -0.39 is 43.3 Å². The van der Waals surface area contributed by atoms with Crippen molar-refractivity contribution in [3.8, 4) is 5.75 Å². The zero-order chi connectivity index (χ0) is 22.8. The van der Waals surface area contributed by atoms with Gasteiger partial charge in [-0.1, -0.05) is 42.8 Å². The zero-order valence-corrected chi connectivity index (χ0v) is 17.5. The second-order valence-corrected chi connectivity index (χ2v) is 7.96. The summed E-state index contributed by atoms with van der Waals surface area (Å²) >= 11 is 6.32. The van der Waals surface area contributed by atoms with Crippen LogP contribution in [0.25, 0.3) is 0 Å². The van der Waals surface area contributed by atoms with Gasteiger partial charge in [0.25, 0.3) is 0 Å². The van der Waals surface area contributed by atoms with E-state index in [0.29, 0.717) is 29.0 Å². The van der Waals surface area contributed by atoms with E-state index in [4.69, 9.17) is 21.1 Å². The van der Waals surface area contributed by atoms with Gasteiger partial charge in [-0.15, -0.1) is 0 Å². The fourth-order valence-corrected chi connectivity index (χ4v) is 3.74. The highest BCUT2D eigenvalue weighted by Gasteiger charge is 2.43. The van der Waals surface area contributed by atoms with Gasteiger partial charge in [0, 0.05) is 5.02 Å². The maximum Gasteiger partial charge on any atom is 0.422 e. The molecule has 0 bridgehead atoms. The van der Waals surface area contributed by atoms with Crippen molar-refractivity contribution in [2.75, 3.05) is 6.61 Å². The van der Waals surface area contributed by atoms with Crippen molar-refractivity contribution in [3.63, 3.8) is 0 Å². The van der Waals surface area contributed by atoms with Gasteiger partial charge in [0.15, 0.2) is 6.61 Å². The van der Waals surface area contributed by atoms with Gasteiger partial charge >= 0.3 is 6.18 Å². The van der Waals surface area contributed by atoms with Crippen LogP contribution in [0.5, 0.6) is 5.75 Å². The lowest BCUT2D eigenvalue weighted by molar-refractivity contribution is -0.225. The highest BCUT2D eigenvalue weighted by molar-refractivity contribution is 6.31. The van der Waals surface area contributed by atoms with E-state index in [1.165, 1.54) is 12.1 Å². The summed E-state index contributed by atoms with van der Waals surface area (Å²) in [4.78, 5) is 0. The summed E-state index contributed by atoms with van der Waals surface area (Å²) in [5.41, 5.74) is 2.11. The van der Waals surface area contributed by atoms with Gasteiger partial charge in [-0.2, -0.15) is 13.2 Å². The van der Waals surface area contributed by atoms with E-state index in [1.807, 2.05) is 6.92 Å². The molecule has 1 fully saturated rings. The lowest BCUT2D eigenvalue weighted by atomic mass is 9.89. The normalized spacial score (nSPS) is 26.6. The third-order valence-electron chi connectivity index (χ3n) is 5.23. The van der Waals surface area contributed by atoms with E-state index in [9.17, 15) is 28.5 Å². The topological polar surface area (TPSA) is 79.2 Å². The fourth-order valence-electron chi connectivity index (χ4n) is 3.56. The van der Waals surface area contributed by atoms with Crippen LogP contribution in [0.1, 0.15) is 36.1 Å². The molecule has 31 heavy (non-hydrogen) atoms. The predicted molar refractivity (Wildman–Crippen MR) is 108 cm³/mol. The Morgan fingerprint density at radius 2 is 1.68 bits per heavy atom. The molecule has 1 heterocycles. The first-order valence-corrected chi connectivity index (χ1v) is 10.2. The Balaban J connectivity index is 1.75. The lowest BCUT2D eigenvalue weighted by Crippen LogP contribution is -2.53. The highest BCUT2D eigenvalue weighted by Crippen LogP contribution is 2.35. The first-order valence-electron chi connectivity index (χ1n) is 9.85. The molecule has 0 saturated carbocycles. The molecule has 3 rings (SSSR count). The van der Waals surface area contributed by atoms with E-state index in [1.54, 1.807) is 30.3 Å². The second kappa shape index (κ2) is 9.75. The summed E-state index contributed by atoms with van der Waals surface area (Å²) in [6, 6.07) is 11.3. The van der Waals surface area contributed by atoms with Crippen molar-refractivity contribution in [1.29, 1.82) is 0 Å². The molecule has 2 aromatic rings. The SMILES string of the molecule is CC[C@H]1OC(c2ccc(Cl)c(Cc3ccc(OCC(F)(F)F)cc3)c2)[C@H](O)[C@@H](O)[C@@H]1O. The molecule has 0 aromatic heterocycles. The van der Waals surface area contributed by atoms with E-state index in [2.05, 4.69) is 0 Å². The molecule has 0 amide bonds. The molecule has 0 aliphatic carbocycles. The van der Waals surface area contributed by atoms with E-state index in [-0.39, 0.29) is 5.75 Å². The number of aliphatic hydroxyl groups is 3. The molecule has 1 unspecified atom stereocenters. The molecule has 170 valence electrons. The Labute approximate surface area is 183 Å². The molecule has 1 aliphatic rings. The van der Waals surface area contributed by atoms with Gasteiger partial charge < -0.3 is 24.8 Å². The average molecular weight is 461 g/mol. The molecular weight excluding hydrogens is 437 g/mol. The smallest absolute Gasteiger partial charge is 0.422 e. The maximum atomic E-state index is 12.3. The first-order chi connectivity index (χ1) is 14.6. The minimum atomic E-state index is -4.40. The Bertz CT molecular complexity index is 872. The summed E-state index contributed by atoms with van der Waals surface area (Å²) in [5.74, 6) is 0.109. The molecule has 0 spiro atoms. The quantitative estimate of drug-likeness (QED) is 0.611. The molecule has 5 nitrogen and oxygen atoms in total. The van der Waals surface area contributed by atoms with Crippen molar-refractivity contribution >= 4 is 11.6 Å². The standard InChI is InChI=1S/C22H24ClF3O5/c1-2-17-18(27)19(28)20(29)21(31-17)13-5-8-16(23)14(10-13)9-12-3-6-15(7-4-12)30-11-22(24,25)26/h3-8,10,17-21,27-29H,2,9,11H2,1H3/t17-,18-,19+,20-,21?/m1/s1. The Hall–Kier alpha value is -1.84. The van der Waals surface area contributed by atoms with Gasteiger partial charge in [0.2, 0.25) is 0 Å². The Morgan fingerprint density at radius 1 is 1.00 bits per heavy atom. The molecule has 1 aliphatic heterocycles. The van der Waals surface area contributed by atoms with Gasteiger partial charge in [0.1, 0.15) is 30.2 Å². The van der Waals surface area contributed by atoms with Crippen LogP contribution in [-0.4, -0.2) is 52.5 Å². The summed E-state index contributed by atoms with van der Waals surface area (Å²) in [5, 5.41) is 31.1. The number of hydrogen-bond acceptors (Lipinski definition) is 5. The number of alkyl halides is 3. The van der Waals surface area contributed by atoms with Crippen LogP contribution in [0, 0.1) is 0 Å². The van der Waals surface area contributed by atoms with Gasteiger partial charge in [-0.25, -0.2) is 0 Å². The molecule has 0 radical (unpaired) electrons. The minimum Gasteiger partial charge on any atom is -0.484 e. The van der Waals surface area contributed by atoms with Gasteiger partial charge in [-0.05, 0) is 47.7 Å². The predicted octanol–water partition coefficient (Wildman–Crippen LogP) is 3.80. The number of aliphatic hydroxyl groups excluding tert-OH is 3. The van der Waals surface area contributed by atoms with Crippen molar-refractivity contribution < 1.29 is 38.0 Å². The molecule has 5 atom stereocenters.